The molecule has 1 N–H and O–H groups in total. The van der Waals surface area contributed by atoms with E-state index in [1.807, 2.05) is 18.2 Å². The zero-order valence-corrected chi connectivity index (χ0v) is 13.7. The highest BCUT2D eigenvalue weighted by atomic mass is 16.1. The Bertz CT molecular complexity index is 619. The Kier molecular flexibility index (Phi) is 5.76. The first kappa shape index (κ1) is 16.3. The van der Waals surface area contributed by atoms with Crippen molar-refractivity contribution in [1.29, 1.82) is 0 Å². The summed E-state index contributed by atoms with van der Waals surface area (Å²) in [5.74, 6) is 0.466. The maximum atomic E-state index is 12.0. The van der Waals surface area contributed by atoms with E-state index in [-0.39, 0.29) is 5.91 Å². The first-order valence-corrected chi connectivity index (χ1v) is 7.94. The van der Waals surface area contributed by atoms with Crippen LogP contribution in [0.5, 0.6) is 0 Å². The Morgan fingerprint density at radius 3 is 2.45 bits per heavy atom. The van der Waals surface area contributed by atoms with Gasteiger partial charge in [-0.1, -0.05) is 55.5 Å². The molecule has 0 spiro atoms. The van der Waals surface area contributed by atoms with Crippen LogP contribution in [0.2, 0.25) is 0 Å². The third-order valence-electron chi connectivity index (χ3n) is 4.19. The van der Waals surface area contributed by atoms with Gasteiger partial charge in [-0.15, -0.1) is 0 Å². The van der Waals surface area contributed by atoms with Crippen LogP contribution in [-0.4, -0.2) is 12.5 Å². The van der Waals surface area contributed by atoms with Crippen LogP contribution >= 0.6 is 0 Å². The highest BCUT2D eigenvalue weighted by Gasteiger charge is 2.08. The average molecular weight is 295 g/mol. The molecule has 2 aromatic rings. The molecular weight excluding hydrogens is 270 g/mol. The highest BCUT2D eigenvalue weighted by molar-refractivity contribution is 5.76. The number of amides is 1. The van der Waals surface area contributed by atoms with Crippen molar-refractivity contribution in [3.8, 4) is 0 Å². The number of nitrogens with one attached hydrogen (secondary N) is 1. The first-order chi connectivity index (χ1) is 10.6. The zero-order valence-electron chi connectivity index (χ0n) is 13.7. The Balaban J connectivity index is 1.77. The molecule has 0 aliphatic carbocycles. The van der Waals surface area contributed by atoms with E-state index in [2.05, 4.69) is 56.4 Å². The summed E-state index contributed by atoms with van der Waals surface area (Å²) >= 11 is 0. The van der Waals surface area contributed by atoms with Crippen LogP contribution in [0.3, 0.4) is 0 Å². The number of carbonyl (C=O) groups is 1. The van der Waals surface area contributed by atoms with Crippen molar-refractivity contribution in [3.05, 3.63) is 70.8 Å². The lowest BCUT2D eigenvalue weighted by atomic mass is 10.0. The van der Waals surface area contributed by atoms with E-state index in [9.17, 15) is 4.79 Å². The summed E-state index contributed by atoms with van der Waals surface area (Å²) in [5, 5.41) is 3.04. The van der Waals surface area contributed by atoms with Gasteiger partial charge < -0.3 is 5.32 Å². The minimum atomic E-state index is 0.126. The van der Waals surface area contributed by atoms with Gasteiger partial charge in [0, 0.05) is 13.0 Å². The molecule has 2 heteroatoms. The number of benzene rings is 2. The molecule has 0 aliphatic rings. The summed E-state index contributed by atoms with van der Waals surface area (Å²) in [7, 11) is 0. The normalized spacial score (nSPS) is 12.0. The molecule has 1 amide bonds. The van der Waals surface area contributed by atoms with E-state index in [1.165, 1.54) is 22.3 Å². The SMILES string of the molecule is Cc1ccc(CCC(=O)NCC(C)c2ccccc2)cc1C. The van der Waals surface area contributed by atoms with Crippen LogP contribution in [0.15, 0.2) is 48.5 Å². The van der Waals surface area contributed by atoms with Gasteiger partial charge in [0.1, 0.15) is 0 Å². The number of hydrogen-bond donors (Lipinski definition) is 1. The fourth-order valence-corrected chi connectivity index (χ4v) is 2.47. The predicted octanol–water partition coefficient (Wildman–Crippen LogP) is 4.16. The Labute approximate surface area is 133 Å². The van der Waals surface area contributed by atoms with Gasteiger partial charge in [0.05, 0.1) is 0 Å². The minimum Gasteiger partial charge on any atom is -0.355 e. The van der Waals surface area contributed by atoms with E-state index in [1.54, 1.807) is 0 Å². The molecule has 116 valence electrons. The molecule has 0 saturated heterocycles. The summed E-state index contributed by atoms with van der Waals surface area (Å²) in [6.45, 7) is 7.05. The number of hydrogen-bond acceptors (Lipinski definition) is 1. The summed E-state index contributed by atoms with van der Waals surface area (Å²) in [6, 6.07) is 16.7. The minimum absolute atomic E-state index is 0.126. The second-order valence-electron chi connectivity index (χ2n) is 6.03. The Morgan fingerprint density at radius 2 is 1.77 bits per heavy atom. The summed E-state index contributed by atoms with van der Waals surface area (Å²) < 4.78 is 0. The molecule has 1 unspecified atom stereocenters. The van der Waals surface area contributed by atoms with Crippen LogP contribution in [0.1, 0.15) is 41.5 Å². The second kappa shape index (κ2) is 7.79. The van der Waals surface area contributed by atoms with E-state index >= 15 is 0 Å². The van der Waals surface area contributed by atoms with Gasteiger partial charge in [-0.05, 0) is 48.4 Å². The molecule has 0 fully saturated rings. The molecule has 0 heterocycles. The monoisotopic (exact) mass is 295 g/mol. The lowest BCUT2D eigenvalue weighted by Gasteiger charge is -2.13. The maximum absolute atomic E-state index is 12.0. The topological polar surface area (TPSA) is 29.1 Å². The van der Waals surface area contributed by atoms with Crippen molar-refractivity contribution in [2.75, 3.05) is 6.54 Å². The molecule has 2 nitrogen and oxygen atoms in total. The van der Waals surface area contributed by atoms with Crippen molar-refractivity contribution in [3.63, 3.8) is 0 Å². The molecule has 0 radical (unpaired) electrons. The first-order valence-electron chi connectivity index (χ1n) is 7.94. The van der Waals surface area contributed by atoms with Crippen molar-refractivity contribution in [2.45, 2.75) is 39.5 Å². The Hall–Kier alpha value is -2.09. The van der Waals surface area contributed by atoms with Gasteiger partial charge in [-0.3, -0.25) is 4.79 Å². The fraction of sp³-hybridized carbons (Fsp3) is 0.350. The maximum Gasteiger partial charge on any atom is 0.220 e. The molecule has 0 saturated carbocycles. The van der Waals surface area contributed by atoms with Crippen LogP contribution in [0.25, 0.3) is 0 Å². The van der Waals surface area contributed by atoms with Crippen LogP contribution in [0.4, 0.5) is 0 Å². The predicted molar refractivity (Wildman–Crippen MR) is 92.1 cm³/mol. The summed E-state index contributed by atoms with van der Waals surface area (Å²) in [4.78, 5) is 12.0. The van der Waals surface area contributed by atoms with E-state index in [4.69, 9.17) is 0 Å². The number of carbonyl (C=O) groups excluding carboxylic acids is 1. The summed E-state index contributed by atoms with van der Waals surface area (Å²) in [6.07, 6.45) is 1.34. The highest BCUT2D eigenvalue weighted by Crippen LogP contribution is 2.14. The number of aryl methyl sites for hydroxylation is 3. The number of rotatable bonds is 6. The van der Waals surface area contributed by atoms with Gasteiger partial charge in [0.2, 0.25) is 5.91 Å². The van der Waals surface area contributed by atoms with Crippen LogP contribution in [-0.2, 0) is 11.2 Å². The lowest BCUT2D eigenvalue weighted by molar-refractivity contribution is -0.121. The third-order valence-corrected chi connectivity index (χ3v) is 4.19. The Morgan fingerprint density at radius 1 is 1.05 bits per heavy atom. The zero-order chi connectivity index (χ0) is 15.9. The lowest BCUT2D eigenvalue weighted by Crippen LogP contribution is -2.27. The fourth-order valence-electron chi connectivity index (χ4n) is 2.47. The van der Waals surface area contributed by atoms with Crippen LogP contribution < -0.4 is 5.32 Å². The molecule has 0 aliphatic heterocycles. The van der Waals surface area contributed by atoms with E-state index in [0.717, 1.165) is 6.42 Å². The van der Waals surface area contributed by atoms with Gasteiger partial charge in [0.15, 0.2) is 0 Å². The second-order valence-corrected chi connectivity index (χ2v) is 6.03. The smallest absolute Gasteiger partial charge is 0.220 e. The van der Waals surface area contributed by atoms with Gasteiger partial charge in [-0.25, -0.2) is 0 Å². The van der Waals surface area contributed by atoms with Crippen molar-refractivity contribution in [1.82, 2.24) is 5.32 Å². The quantitative estimate of drug-likeness (QED) is 0.852. The molecule has 1 atom stereocenters. The van der Waals surface area contributed by atoms with Crippen molar-refractivity contribution < 1.29 is 4.79 Å². The molecule has 0 aromatic heterocycles. The van der Waals surface area contributed by atoms with Gasteiger partial charge in [0.25, 0.3) is 0 Å². The largest absolute Gasteiger partial charge is 0.355 e. The average Bonchev–Trinajstić information content (AvgIpc) is 2.54. The van der Waals surface area contributed by atoms with Crippen molar-refractivity contribution >= 4 is 5.91 Å². The van der Waals surface area contributed by atoms with E-state index < -0.39 is 0 Å². The summed E-state index contributed by atoms with van der Waals surface area (Å²) in [5.41, 5.74) is 5.08. The standard InChI is InChI=1S/C20H25NO/c1-15-9-10-18(13-16(15)2)11-12-20(22)21-14-17(3)19-7-5-4-6-8-19/h4-10,13,17H,11-12,14H2,1-3H3,(H,21,22). The molecule has 22 heavy (non-hydrogen) atoms. The van der Waals surface area contributed by atoms with Crippen LogP contribution in [0, 0.1) is 13.8 Å². The molecular formula is C20H25NO. The third kappa shape index (κ3) is 4.73. The van der Waals surface area contributed by atoms with Crippen molar-refractivity contribution in [2.24, 2.45) is 0 Å². The van der Waals surface area contributed by atoms with Gasteiger partial charge >= 0.3 is 0 Å². The molecule has 0 bridgehead atoms. The molecule has 2 rings (SSSR count). The van der Waals surface area contributed by atoms with E-state index in [0.29, 0.717) is 18.9 Å². The molecule has 2 aromatic carbocycles. The van der Waals surface area contributed by atoms with Gasteiger partial charge in [-0.2, -0.15) is 0 Å².